The van der Waals surface area contributed by atoms with Crippen LogP contribution >= 0.6 is 11.7 Å². The number of hydrogen-bond acceptors (Lipinski definition) is 5. The smallest absolute Gasteiger partial charge is 0.286 e. The van der Waals surface area contributed by atoms with E-state index in [9.17, 15) is 4.79 Å². The lowest BCUT2D eigenvalue weighted by Crippen LogP contribution is -2.41. The Hall–Kier alpha value is -1.01. The van der Waals surface area contributed by atoms with Crippen LogP contribution in [0.4, 0.5) is 0 Å². The molecule has 6 heteroatoms. The monoisotopic (exact) mass is 186 g/mol. The minimum Gasteiger partial charge on any atom is -0.286 e. The van der Waals surface area contributed by atoms with Gasteiger partial charge >= 0.3 is 0 Å². The second-order valence-electron chi connectivity index (χ2n) is 2.55. The first kappa shape index (κ1) is 9.08. The van der Waals surface area contributed by atoms with E-state index in [4.69, 9.17) is 0 Å². The number of amides is 1. The van der Waals surface area contributed by atoms with Crippen molar-refractivity contribution in [1.29, 1.82) is 0 Å². The van der Waals surface area contributed by atoms with Crippen LogP contribution < -0.4 is 10.9 Å². The van der Waals surface area contributed by atoms with E-state index in [-0.39, 0.29) is 11.9 Å². The zero-order valence-electron chi connectivity index (χ0n) is 6.87. The summed E-state index contributed by atoms with van der Waals surface area (Å²) < 4.78 is 7.48. The third-order valence-electron chi connectivity index (χ3n) is 1.07. The molecular weight excluding hydrogens is 176 g/mol. The van der Waals surface area contributed by atoms with Crippen LogP contribution in [0.2, 0.25) is 0 Å². The molecule has 2 N–H and O–H groups in total. The van der Waals surface area contributed by atoms with Crippen molar-refractivity contribution in [2.45, 2.75) is 19.9 Å². The fourth-order valence-corrected chi connectivity index (χ4v) is 0.951. The first-order chi connectivity index (χ1) is 5.70. The molecule has 5 nitrogen and oxygen atoms in total. The van der Waals surface area contributed by atoms with Crippen molar-refractivity contribution in [2.75, 3.05) is 0 Å². The highest BCUT2D eigenvalue weighted by Crippen LogP contribution is 1.93. The number of carbonyl (C=O) groups is 1. The Kier molecular flexibility index (Phi) is 3.12. The van der Waals surface area contributed by atoms with E-state index in [0.717, 1.165) is 11.7 Å². The molecule has 1 amide bonds. The van der Waals surface area contributed by atoms with E-state index in [1.54, 1.807) is 0 Å². The molecule has 0 bridgehead atoms. The summed E-state index contributed by atoms with van der Waals surface area (Å²) >= 11 is 1.01. The summed E-state index contributed by atoms with van der Waals surface area (Å²) in [7, 11) is 0. The normalized spacial score (nSPS) is 10.2. The highest BCUT2D eigenvalue weighted by atomic mass is 32.1. The van der Waals surface area contributed by atoms with Gasteiger partial charge in [0.25, 0.3) is 5.91 Å². The number of nitrogens with one attached hydrogen (secondary N) is 2. The summed E-state index contributed by atoms with van der Waals surface area (Å²) in [6, 6.07) is 0.209. The van der Waals surface area contributed by atoms with Gasteiger partial charge in [-0.1, -0.05) is 0 Å². The van der Waals surface area contributed by atoms with Gasteiger partial charge < -0.3 is 0 Å². The number of carbonyl (C=O) groups excluding carboxylic acids is 1. The molecule has 66 valence electrons. The van der Waals surface area contributed by atoms with E-state index in [2.05, 4.69) is 19.6 Å². The molecule has 0 saturated carbocycles. The second-order valence-corrected chi connectivity index (χ2v) is 3.10. The van der Waals surface area contributed by atoms with Crippen molar-refractivity contribution >= 4 is 17.6 Å². The predicted octanol–water partition coefficient (Wildman–Crippen LogP) is 0.181. The summed E-state index contributed by atoms with van der Waals surface area (Å²) in [5.74, 6) is -0.252. The van der Waals surface area contributed by atoms with E-state index in [0.29, 0.717) is 5.69 Å². The van der Waals surface area contributed by atoms with Gasteiger partial charge in [-0.15, -0.1) is 0 Å². The Balaban J connectivity index is 2.40. The van der Waals surface area contributed by atoms with E-state index in [1.165, 1.54) is 6.20 Å². The lowest BCUT2D eigenvalue weighted by Gasteiger charge is -2.07. The molecule has 12 heavy (non-hydrogen) atoms. The molecule has 1 aromatic heterocycles. The van der Waals surface area contributed by atoms with Crippen molar-refractivity contribution < 1.29 is 4.79 Å². The molecule has 0 saturated heterocycles. The van der Waals surface area contributed by atoms with Gasteiger partial charge in [0.05, 0.1) is 17.9 Å². The van der Waals surface area contributed by atoms with E-state index in [1.807, 2.05) is 13.8 Å². The summed E-state index contributed by atoms with van der Waals surface area (Å²) in [5.41, 5.74) is 5.61. The Morgan fingerprint density at radius 1 is 1.67 bits per heavy atom. The zero-order valence-corrected chi connectivity index (χ0v) is 7.68. The Labute approximate surface area is 74.5 Å². The summed E-state index contributed by atoms with van der Waals surface area (Å²) in [5, 5.41) is 0. The minimum absolute atomic E-state index is 0.209. The molecule has 1 heterocycles. The minimum atomic E-state index is -0.252. The van der Waals surface area contributed by atoms with Gasteiger partial charge in [0, 0.05) is 6.04 Å². The number of hydrogen-bond donors (Lipinski definition) is 2. The van der Waals surface area contributed by atoms with Gasteiger partial charge in [-0.2, -0.15) is 8.75 Å². The maximum Gasteiger partial charge on any atom is 0.286 e. The Bertz CT molecular complexity index is 246. The standard InChI is InChI=1S/C6H10N4OS/c1-4(2)8-9-6(11)5-3-7-12-10-5/h3-4,8H,1-2H3,(H,9,11). The van der Waals surface area contributed by atoms with Crippen LogP contribution in [-0.2, 0) is 0 Å². The highest BCUT2D eigenvalue weighted by Gasteiger charge is 2.07. The van der Waals surface area contributed by atoms with Crippen molar-refractivity contribution in [3.05, 3.63) is 11.9 Å². The summed E-state index contributed by atoms with van der Waals surface area (Å²) in [4.78, 5) is 11.1. The van der Waals surface area contributed by atoms with Crippen LogP contribution in [0.15, 0.2) is 6.20 Å². The van der Waals surface area contributed by atoms with Crippen LogP contribution in [0, 0.1) is 0 Å². The lowest BCUT2D eigenvalue weighted by molar-refractivity contribution is 0.0923. The second kappa shape index (κ2) is 4.13. The third kappa shape index (κ3) is 2.55. The van der Waals surface area contributed by atoms with Gasteiger partial charge in [0.2, 0.25) is 0 Å². The molecule has 1 aromatic rings. The molecule has 0 aliphatic heterocycles. The third-order valence-corrected chi connectivity index (χ3v) is 1.55. The molecule has 0 radical (unpaired) electrons. The maximum absolute atomic E-state index is 11.1. The maximum atomic E-state index is 11.1. The largest absolute Gasteiger partial charge is 0.286 e. The molecule has 0 aliphatic carbocycles. The SMILES string of the molecule is CC(C)NNC(=O)c1cnsn1. The predicted molar refractivity (Wildman–Crippen MR) is 45.6 cm³/mol. The van der Waals surface area contributed by atoms with Gasteiger partial charge in [0.1, 0.15) is 0 Å². The quantitative estimate of drug-likeness (QED) is 0.661. The van der Waals surface area contributed by atoms with Crippen molar-refractivity contribution in [1.82, 2.24) is 19.6 Å². The van der Waals surface area contributed by atoms with Crippen molar-refractivity contribution in [3.8, 4) is 0 Å². The molecule has 0 aliphatic rings. The van der Waals surface area contributed by atoms with Crippen LogP contribution in [0.25, 0.3) is 0 Å². The van der Waals surface area contributed by atoms with Crippen LogP contribution in [0.1, 0.15) is 24.3 Å². The van der Waals surface area contributed by atoms with Crippen molar-refractivity contribution in [2.24, 2.45) is 0 Å². The number of hydrazine groups is 1. The van der Waals surface area contributed by atoms with Gasteiger partial charge in [-0.05, 0) is 13.8 Å². The van der Waals surface area contributed by atoms with Gasteiger partial charge in [-0.25, -0.2) is 5.43 Å². The van der Waals surface area contributed by atoms with Gasteiger partial charge in [-0.3, -0.25) is 10.2 Å². The average Bonchev–Trinajstić information content (AvgIpc) is 2.51. The lowest BCUT2D eigenvalue weighted by atomic mass is 10.4. The Morgan fingerprint density at radius 2 is 2.42 bits per heavy atom. The molecule has 1 rings (SSSR count). The van der Waals surface area contributed by atoms with E-state index >= 15 is 0 Å². The molecule has 0 aromatic carbocycles. The zero-order chi connectivity index (χ0) is 8.97. The topological polar surface area (TPSA) is 66.9 Å². The summed E-state index contributed by atoms with van der Waals surface area (Å²) in [6.07, 6.45) is 1.43. The molecule has 0 atom stereocenters. The van der Waals surface area contributed by atoms with Gasteiger partial charge in [0.15, 0.2) is 5.69 Å². The van der Waals surface area contributed by atoms with Crippen LogP contribution in [-0.4, -0.2) is 20.7 Å². The molecule has 0 fully saturated rings. The van der Waals surface area contributed by atoms with Crippen LogP contribution in [0.5, 0.6) is 0 Å². The molecular formula is C6H10N4OS. The molecule has 0 unspecified atom stereocenters. The fourth-order valence-electron chi connectivity index (χ4n) is 0.539. The molecule has 0 spiro atoms. The number of rotatable bonds is 3. The highest BCUT2D eigenvalue weighted by molar-refractivity contribution is 6.99. The number of aromatic nitrogens is 2. The fraction of sp³-hybridized carbons (Fsp3) is 0.500. The average molecular weight is 186 g/mol. The Morgan fingerprint density at radius 3 is 2.92 bits per heavy atom. The van der Waals surface area contributed by atoms with Crippen molar-refractivity contribution in [3.63, 3.8) is 0 Å². The first-order valence-corrected chi connectivity index (χ1v) is 4.26. The number of nitrogens with zero attached hydrogens (tertiary/aromatic N) is 2. The first-order valence-electron chi connectivity index (χ1n) is 3.53. The van der Waals surface area contributed by atoms with Crippen LogP contribution in [0.3, 0.4) is 0 Å². The summed E-state index contributed by atoms with van der Waals surface area (Å²) in [6.45, 7) is 3.86. The van der Waals surface area contributed by atoms with E-state index < -0.39 is 0 Å².